The van der Waals surface area contributed by atoms with E-state index in [1.54, 1.807) is 11.0 Å². The van der Waals surface area contributed by atoms with Crippen LogP contribution in [0.5, 0.6) is 0 Å². The van der Waals surface area contributed by atoms with E-state index in [9.17, 15) is 9.18 Å². The highest BCUT2D eigenvalue weighted by atomic mass is 19.1. The summed E-state index contributed by atoms with van der Waals surface area (Å²) in [5.41, 5.74) is 2.89. The largest absolute Gasteiger partial charge is 0.376 e. The van der Waals surface area contributed by atoms with E-state index in [0.717, 1.165) is 30.6 Å². The van der Waals surface area contributed by atoms with Crippen molar-refractivity contribution in [2.75, 3.05) is 13.2 Å². The molecule has 1 aliphatic heterocycles. The van der Waals surface area contributed by atoms with Crippen molar-refractivity contribution in [2.24, 2.45) is 0 Å². The van der Waals surface area contributed by atoms with Gasteiger partial charge in [0.05, 0.1) is 6.10 Å². The first-order valence-corrected chi connectivity index (χ1v) is 11.5. The molecule has 2 aromatic carbocycles. The van der Waals surface area contributed by atoms with Gasteiger partial charge in [-0.2, -0.15) is 4.98 Å². The minimum atomic E-state index is -0.308. The van der Waals surface area contributed by atoms with Gasteiger partial charge in [-0.1, -0.05) is 55.4 Å². The maximum absolute atomic E-state index is 13.6. The zero-order valence-electron chi connectivity index (χ0n) is 19.2. The van der Waals surface area contributed by atoms with Gasteiger partial charge in [0.15, 0.2) is 0 Å². The lowest BCUT2D eigenvalue weighted by Gasteiger charge is -2.25. The molecule has 3 aromatic rings. The van der Waals surface area contributed by atoms with Gasteiger partial charge in [0.25, 0.3) is 0 Å². The standard InChI is InChI=1S/C26H30FN3O3/c1-18(2)20-8-10-21(11-9-20)26-28-24(33-29-26)12-13-25(31)30(17-23-7-4-14-32-23)16-19-5-3-6-22(27)15-19/h3,5-6,8-11,15,18,23H,4,7,12-14,16-17H2,1-2H3. The number of benzene rings is 2. The highest BCUT2D eigenvalue weighted by Crippen LogP contribution is 2.21. The second kappa shape index (κ2) is 10.7. The van der Waals surface area contributed by atoms with Gasteiger partial charge >= 0.3 is 0 Å². The molecule has 1 amide bonds. The number of hydrogen-bond acceptors (Lipinski definition) is 5. The maximum Gasteiger partial charge on any atom is 0.227 e. The zero-order chi connectivity index (χ0) is 23.2. The van der Waals surface area contributed by atoms with Gasteiger partial charge < -0.3 is 14.2 Å². The number of halogens is 1. The Morgan fingerprint density at radius 3 is 2.73 bits per heavy atom. The topological polar surface area (TPSA) is 68.5 Å². The highest BCUT2D eigenvalue weighted by molar-refractivity contribution is 5.76. The minimum Gasteiger partial charge on any atom is -0.376 e. The van der Waals surface area contributed by atoms with Gasteiger partial charge in [-0.05, 0) is 42.0 Å². The summed E-state index contributed by atoms with van der Waals surface area (Å²) in [5, 5.41) is 4.07. The van der Waals surface area contributed by atoms with Gasteiger partial charge in [0.1, 0.15) is 5.82 Å². The molecule has 0 bridgehead atoms. The monoisotopic (exact) mass is 451 g/mol. The lowest BCUT2D eigenvalue weighted by atomic mass is 10.0. The summed E-state index contributed by atoms with van der Waals surface area (Å²) in [4.78, 5) is 19.3. The molecule has 4 rings (SSSR count). The lowest BCUT2D eigenvalue weighted by molar-refractivity contribution is -0.133. The van der Waals surface area contributed by atoms with Crippen LogP contribution in [-0.2, 0) is 22.5 Å². The molecule has 1 saturated heterocycles. The average molecular weight is 452 g/mol. The summed E-state index contributed by atoms with van der Waals surface area (Å²) in [6.45, 7) is 5.85. The van der Waals surface area contributed by atoms with E-state index in [0.29, 0.717) is 37.1 Å². The van der Waals surface area contributed by atoms with Gasteiger partial charge in [-0.3, -0.25) is 4.79 Å². The summed E-state index contributed by atoms with van der Waals surface area (Å²) >= 11 is 0. The Bertz CT molecular complexity index is 1060. The van der Waals surface area contributed by atoms with Crippen LogP contribution in [-0.4, -0.2) is 40.2 Å². The van der Waals surface area contributed by atoms with Gasteiger partial charge in [0, 0.05) is 38.1 Å². The maximum atomic E-state index is 13.6. The van der Waals surface area contributed by atoms with E-state index >= 15 is 0 Å². The Kier molecular flexibility index (Phi) is 7.50. The van der Waals surface area contributed by atoms with Crippen LogP contribution >= 0.6 is 0 Å². The Morgan fingerprint density at radius 2 is 2.03 bits per heavy atom. The number of carbonyl (C=O) groups is 1. The van der Waals surface area contributed by atoms with Crippen molar-refractivity contribution >= 4 is 5.91 Å². The van der Waals surface area contributed by atoms with Gasteiger partial charge in [0.2, 0.25) is 17.6 Å². The second-order valence-electron chi connectivity index (χ2n) is 8.83. The van der Waals surface area contributed by atoms with Crippen LogP contribution in [0.4, 0.5) is 4.39 Å². The van der Waals surface area contributed by atoms with Crippen molar-refractivity contribution in [3.8, 4) is 11.4 Å². The molecule has 0 spiro atoms. The lowest BCUT2D eigenvalue weighted by Crippen LogP contribution is -2.37. The van der Waals surface area contributed by atoms with Crippen LogP contribution in [0.1, 0.15) is 56.0 Å². The van der Waals surface area contributed by atoms with Crippen molar-refractivity contribution in [1.29, 1.82) is 0 Å². The quantitative estimate of drug-likeness (QED) is 0.451. The van der Waals surface area contributed by atoms with Crippen molar-refractivity contribution < 1.29 is 18.4 Å². The van der Waals surface area contributed by atoms with E-state index in [-0.39, 0.29) is 24.2 Å². The zero-order valence-corrected chi connectivity index (χ0v) is 19.2. The first kappa shape index (κ1) is 23.1. The number of rotatable bonds is 9. The summed E-state index contributed by atoms with van der Waals surface area (Å²) in [7, 11) is 0. The van der Waals surface area contributed by atoms with Crippen LogP contribution in [0.2, 0.25) is 0 Å². The highest BCUT2D eigenvalue weighted by Gasteiger charge is 2.23. The van der Waals surface area contributed by atoms with Gasteiger partial charge in [-0.15, -0.1) is 0 Å². The summed E-state index contributed by atoms with van der Waals surface area (Å²) in [6, 6.07) is 14.4. The Hall–Kier alpha value is -3.06. The van der Waals surface area contributed by atoms with E-state index in [4.69, 9.17) is 9.26 Å². The molecule has 174 valence electrons. The molecule has 0 aliphatic carbocycles. The van der Waals surface area contributed by atoms with E-state index in [1.807, 2.05) is 18.2 Å². The fourth-order valence-corrected chi connectivity index (χ4v) is 4.01. The average Bonchev–Trinajstić information content (AvgIpc) is 3.49. The third-order valence-corrected chi connectivity index (χ3v) is 5.92. The molecular formula is C26H30FN3O3. The molecule has 1 aromatic heterocycles. The summed E-state index contributed by atoms with van der Waals surface area (Å²) < 4.78 is 24.8. The third kappa shape index (κ3) is 6.26. The predicted octanol–water partition coefficient (Wildman–Crippen LogP) is 5.14. The van der Waals surface area contributed by atoms with Crippen molar-refractivity contribution in [3.63, 3.8) is 0 Å². The third-order valence-electron chi connectivity index (χ3n) is 5.92. The van der Waals surface area contributed by atoms with Crippen molar-refractivity contribution in [1.82, 2.24) is 15.0 Å². The predicted molar refractivity (Wildman–Crippen MR) is 123 cm³/mol. The fraction of sp³-hybridized carbons (Fsp3) is 0.423. The van der Waals surface area contributed by atoms with Crippen molar-refractivity contribution in [2.45, 2.75) is 58.1 Å². The number of ether oxygens (including phenoxy) is 1. The molecule has 0 N–H and O–H groups in total. The van der Waals surface area contributed by atoms with Crippen LogP contribution in [0.15, 0.2) is 53.1 Å². The number of hydrogen-bond donors (Lipinski definition) is 0. The number of carbonyl (C=O) groups excluding carboxylic acids is 1. The van der Waals surface area contributed by atoms with Gasteiger partial charge in [-0.25, -0.2) is 4.39 Å². The molecule has 1 fully saturated rings. The number of nitrogens with zero attached hydrogens (tertiary/aromatic N) is 3. The molecule has 1 aliphatic rings. The van der Waals surface area contributed by atoms with Crippen LogP contribution < -0.4 is 0 Å². The number of aryl methyl sites for hydroxylation is 1. The van der Waals surface area contributed by atoms with Crippen LogP contribution in [0.3, 0.4) is 0 Å². The number of aromatic nitrogens is 2. The number of amides is 1. The van der Waals surface area contributed by atoms with E-state index in [2.05, 4.69) is 36.1 Å². The molecule has 0 saturated carbocycles. The van der Waals surface area contributed by atoms with Crippen LogP contribution in [0.25, 0.3) is 11.4 Å². The summed E-state index contributed by atoms with van der Waals surface area (Å²) in [6.07, 6.45) is 2.52. The smallest absolute Gasteiger partial charge is 0.227 e. The molecule has 2 heterocycles. The Balaban J connectivity index is 1.39. The Morgan fingerprint density at radius 1 is 1.21 bits per heavy atom. The minimum absolute atomic E-state index is 0.0197. The fourth-order valence-electron chi connectivity index (χ4n) is 4.01. The second-order valence-corrected chi connectivity index (χ2v) is 8.83. The molecular weight excluding hydrogens is 421 g/mol. The molecule has 1 atom stereocenters. The summed E-state index contributed by atoms with van der Waals surface area (Å²) in [5.74, 6) is 1.04. The molecule has 6 nitrogen and oxygen atoms in total. The molecule has 7 heteroatoms. The molecule has 1 unspecified atom stereocenters. The SMILES string of the molecule is CC(C)c1ccc(-c2noc(CCC(=O)N(Cc3cccc(F)c3)CC3CCCO3)n2)cc1. The van der Waals surface area contributed by atoms with E-state index < -0.39 is 0 Å². The normalized spacial score (nSPS) is 15.8. The molecule has 0 radical (unpaired) electrons. The first-order chi connectivity index (χ1) is 16.0. The van der Waals surface area contributed by atoms with Crippen LogP contribution in [0, 0.1) is 5.82 Å². The van der Waals surface area contributed by atoms with Crippen molar-refractivity contribution in [3.05, 3.63) is 71.4 Å². The Labute approximate surface area is 193 Å². The first-order valence-electron chi connectivity index (χ1n) is 11.5. The molecule has 33 heavy (non-hydrogen) atoms. The van der Waals surface area contributed by atoms with E-state index in [1.165, 1.54) is 17.7 Å².